The second kappa shape index (κ2) is 6.30. The van der Waals surface area contributed by atoms with Gasteiger partial charge in [0.25, 0.3) is 5.91 Å². The van der Waals surface area contributed by atoms with Gasteiger partial charge in [-0.1, -0.05) is 22.9 Å². The maximum Gasteiger partial charge on any atom is 0.251 e. The van der Waals surface area contributed by atoms with Gasteiger partial charge in [-0.25, -0.2) is 4.98 Å². The molecule has 1 aromatic carbocycles. The number of aryl methyl sites for hydroxylation is 1. The van der Waals surface area contributed by atoms with Crippen LogP contribution in [0.2, 0.25) is 0 Å². The summed E-state index contributed by atoms with van der Waals surface area (Å²) in [4.78, 5) is 16.5. The number of amides is 1. The van der Waals surface area contributed by atoms with Crippen LogP contribution in [0.3, 0.4) is 0 Å². The van der Waals surface area contributed by atoms with E-state index in [1.165, 1.54) is 0 Å². The van der Waals surface area contributed by atoms with E-state index in [-0.39, 0.29) is 11.9 Å². The molecule has 2 aromatic rings. The molecule has 1 N–H and O–H groups in total. The van der Waals surface area contributed by atoms with Crippen molar-refractivity contribution in [1.29, 1.82) is 0 Å². The van der Waals surface area contributed by atoms with Crippen molar-refractivity contribution in [3.63, 3.8) is 0 Å². The molecule has 100 valence electrons. The fourth-order valence-electron chi connectivity index (χ4n) is 1.85. The molecule has 1 atom stereocenters. The number of aromatic nitrogens is 1. The van der Waals surface area contributed by atoms with Crippen molar-refractivity contribution in [3.05, 3.63) is 50.4 Å². The topological polar surface area (TPSA) is 42.0 Å². The van der Waals surface area contributed by atoms with Crippen molar-refractivity contribution in [3.8, 4) is 0 Å². The van der Waals surface area contributed by atoms with Gasteiger partial charge in [-0.15, -0.1) is 11.3 Å². The third-order valence-corrected chi connectivity index (χ3v) is 4.11. The zero-order chi connectivity index (χ0) is 13.8. The smallest absolute Gasteiger partial charge is 0.251 e. The minimum absolute atomic E-state index is 0.0215. The van der Waals surface area contributed by atoms with Crippen LogP contribution in [-0.2, 0) is 0 Å². The number of carbonyl (C=O) groups is 1. The number of nitrogens with zero attached hydrogens (tertiary/aromatic N) is 1. The van der Waals surface area contributed by atoms with Crippen LogP contribution in [0, 0.1) is 6.92 Å². The number of hydrogen-bond donors (Lipinski definition) is 1. The largest absolute Gasteiger partial charge is 0.343 e. The van der Waals surface area contributed by atoms with Gasteiger partial charge in [0.15, 0.2) is 0 Å². The third-order valence-electron chi connectivity index (χ3n) is 2.77. The van der Waals surface area contributed by atoms with Gasteiger partial charge in [-0.05, 0) is 37.1 Å². The zero-order valence-electron chi connectivity index (χ0n) is 10.8. The Hall–Kier alpha value is -1.20. The van der Waals surface area contributed by atoms with Crippen LogP contribution in [0.5, 0.6) is 0 Å². The molecule has 1 aromatic heterocycles. The highest BCUT2D eigenvalue weighted by Gasteiger charge is 2.16. The zero-order valence-corrected chi connectivity index (χ0v) is 13.2. The summed E-state index contributed by atoms with van der Waals surface area (Å²) in [6.45, 7) is 4.01. The first kappa shape index (κ1) is 14.2. The molecule has 0 aliphatic rings. The van der Waals surface area contributed by atoms with Crippen LogP contribution < -0.4 is 5.32 Å². The van der Waals surface area contributed by atoms with Crippen molar-refractivity contribution in [1.82, 2.24) is 10.3 Å². The first-order valence-electron chi connectivity index (χ1n) is 6.07. The predicted molar refractivity (Wildman–Crippen MR) is 81.5 cm³/mol. The van der Waals surface area contributed by atoms with Crippen molar-refractivity contribution in [2.75, 3.05) is 0 Å². The van der Waals surface area contributed by atoms with Crippen molar-refractivity contribution in [2.24, 2.45) is 0 Å². The van der Waals surface area contributed by atoms with Crippen LogP contribution in [0.15, 0.2) is 34.2 Å². The van der Waals surface area contributed by atoms with E-state index in [1.807, 2.05) is 37.4 Å². The molecule has 0 aliphatic carbocycles. The quantitative estimate of drug-likeness (QED) is 0.911. The van der Waals surface area contributed by atoms with Crippen LogP contribution >= 0.6 is 27.3 Å². The Kier molecular flexibility index (Phi) is 4.71. The molecular weight excluding hydrogens is 324 g/mol. The average molecular weight is 339 g/mol. The van der Waals surface area contributed by atoms with E-state index < -0.39 is 0 Å². The Morgan fingerprint density at radius 3 is 2.84 bits per heavy atom. The van der Waals surface area contributed by atoms with E-state index >= 15 is 0 Å². The Morgan fingerprint density at radius 2 is 2.26 bits per heavy atom. The molecular formula is C14H15BrN2OS. The van der Waals surface area contributed by atoms with Gasteiger partial charge in [-0.2, -0.15) is 0 Å². The third kappa shape index (κ3) is 3.64. The van der Waals surface area contributed by atoms with Gasteiger partial charge < -0.3 is 5.32 Å². The lowest BCUT2D eigenvalue weighted by molar-refractivity contribution is 0.0935. The van der Waals surface area contributed by atoms with Crippen LogP contribution in [0.1, 0.15) is 40.3 Å². The van der Waals surface area contributed by atoms with Gasteiger partial charge >= 0.3 is 0 Å². The maximum atomic E-state index is 12.3. The van der Waals surface area contributed by atoms with E-state index in [1.54, 1.807) is 17.5 Å². The van der Waals surface area contributed by atoms with Gasteiger partial charge in [-0.3, -0.25) is 4.79 Å². The SMILES string of the molecule is CCC(NC(=O)c1cc(C)cc(Br)c1)c1nccs1. The molecule has 1 amide bonds. The lowest BCUT2D eigenvalue weighted by Crippen LogP contribution is -2.28. The van der Waals surface area contributed by atoms with Gasteiger partial charge in [0.2, 0.25) is 0 Å². The van der Waals surface area contributed by atoms with E-state index in [4.69, 9.17) is 0 Å². The molecule has 19 heavy (non-hydrogen) atoms. The summed E-state index contributed by atoms with van der Waals surface area (Å²) in [6.07, 6.45) is 2.59. The van der Waals surface area contributed by atoms with E-state index in [2.05, 4.69) is 26.2 Å². The lowest BCUT2D eigenvalue weighted by atomic mass is 10.1. The molecule has 0 bridgehead atoms. The number of benzene rings is 1. The van der Waals surface area contributed by atoms with E-state index in [0.29, 0.717) is 5.56 Å². The summed E-state index contributed by atoms with van der Waals surface area (Å²) in [6, 6.07) is 5.67. The molecule has 0 spiro atoms. The summed E-state index contributed by atoms with van der Waals surface area (Å²) >= 11 is 4.98. The van der Waals surface area contributed by atoms with E-state index in [9.17, 15) is 4.79 Å². The average Bonchev–Trinajstić information content (AvgIpc) is 2.88. The van der Waals surface area contributed by atoms with Crippen LogP contribution in [0.25, 0.3) is 0 Å². The van der Waals surface area contributed by atoms with E-state index in [0.717, 1.165) is 21.5 Å². The second-order valence-electron chi connectivity index (χ2n) is 4.32. The number of halogens is 1. The fourth-order valence-corrected chi connectivity index (χ4v) is 3.23. The summed E-state index contributed by atoms with van der Waals surface area (Å²) in [5.41, 5.74) is 1.73. The van der Waals surface area contributed by atoms with Crippen LogP contribution in [0.4, 0.5) is 0 Å². The molecule has 0 radical (unpaired) electrons. The summed E-state index contributed by atoms with van der Waals surface area (Å²) < 4.78 is 0.917. The highest BCUT2D eigenvalue weighted by atomic mass is 79.9. The number of nitrogens with one attached hydrogen (secondary N) is 1. The van der Waals surface area contributed by atoms with Gasteiger partial charge in [0.05, 0.1) is 6.04 Å². The van der Waals surface area contributed by atoms with Gasteiger partial charge in [0.1, 0.15) is 5.01 Å². The molecule has 0 aliphatic heterocycles. The highest BCUT2D eigenvalue weighted by Crippen LogP contribution is 2.20. The number of rotatable bonds is 4. The van der Waals surface area contributed by atoms with Crippen molar-refractivity contribution >= 4 is 33.2 Å². The molecule has 1 heterocycles. The number of thiazole rings is 1. The van der Waals surface area contributed by atoms with Crippen LogP contribution in [-0.4, -0.2) is 10.9 Å². The lowest BCUT2D eigenvalue weighted by Gasteiger charge is -2.14. The molecule has 1 unspecified atom stereocenters. The summed E-state index contributed by atoms with van der Waals surface area (Å²) in [7, 11) is 0. The minimum atomic E-state index is -0.0635. The molecule has 3 nitrogen and oxygen atoms in total. The number of hydrogen-bond acceptors (Lipinski definition) is 3. The number of carbonyl (C=O) groups excluding carboxylic acids is 1. The molecule has 0 saturated heterocycles. The Labute approximate surface area is 125 Å². The molecule has 0 saturated carbocycles. The van der Waals surface area contributed by atoms with Crippen molar-refractivity contribution < 1.29 is 4.79 Å². The molecule has 0 fully saturated rings. The predicted octanol–water partition coefficient (Wildman–Crippen LogP) is 4.10. The summed E-state index contributed by atoms with van der Waals surface area (Å²) in [5.74, 6) is -0.0635. The Morgan fingerprint density at radius 1 is 1.47 bits per heavy atom. The first-order chi connectivity index (χ1) is 9.10. The highest BCUT2D eigenvalue weighted by molar-refractivity contribution is 9.10. The van der Waals surface area contributed by atoms with Gasteiger partial charge in [0, 0.05) is 21.6 Å². The summed E-state index contributed by atoms with van der Waals surface area (Å²) in [5, 5.41) is 5.90. The molecule has 5 heteroatoms. The molecule has 2 rings (SSSR count). The fraction of sp³-hybridized carbons (Fsp3) is 0.286. The second-order valence-corrected chi connectivity index (χ2v) is 6.16. The normalized spacial score (nSPS) is 12.2. The standard InChI is InChI=1S/C14H15BrN2OS/c1-3-12(14-16-4-5-19-14)17-13(18)10-6-9(2)7-11(15)8-10/h4-8,12H,3H2,1-2H3,(H,17,18). The Balaban J connectivity index is 2.15. The monoisotopic (exact) mass is 338 g/mol. The Bertz CT molecular complexity index is 549. The first-order valence-corrected chi connectivity index (χ1v) is 7.75. The maximum absolute atomic E-state index is 12.3. The minimum Gasteiger partial charge on any atom is -0.343 e. The van der Waals surface area contributed by atoms with Crippen molar-refractivity contribution in [2.45, 2.75) is 26.3 Å².